The molecule has 25 heavy (non-hydrogen) atoms. The predicted molar refractivity (Wildman–Crippen MR) is 93.8 cm³/mol. The van der Waals surface area contributed by atoms with Gasteiger partial charge in [-0.15, -0.1) is 6.58 Å². The number of carbonyl (C=O) groups excluding carboxylic acids is 1. The number of rotatable bonds is 5. The molecule has 3 rings (SSSR count). The van der Waals surface area contributed by atoms with Crippen LogP contribution in [-0.2, 0) is 6.42 Å². The van der Waals surface area contributed by atoms with Crippen LogP contribution in [0.2, 0.25) is 0 Å². The summed E-state index contributed by atoms with van der Waals surface area (Å²) in [4.78, 5) is 12.3. The van der Waals surface area contributed by atoms with Crippen molar-refractivity contribution >= 4 is 16.7 Å². The lowest BCUT2D eigenvalue weighted by Gasteiger charge is -2.07. The van der Waals surface area contributed by atoms with E-state index in [0.717, 1.165) is 24.5 Å². The number of hydrogen-bond donors (Lipinski definition) is 0. The summed E-state index contributed by atoms with van der Waals surface area (Å²) in [5.41, 5.74) is 1.40. The molecule has 3 aromatic rings. The number of esters is 1. The van der Waals surface area contributed by atoms with E-state index in [4.69, 9.17) is 4.74 Å². The van der Waals surface area contributed by atoms with Crippen LogP contribution in [0.25, 0.3) is 10.8 Å². The van der Waals surface area contributed by atoms with Crippen LogP contribution in [0.15, 0.2) is 67.3 Å². The summed E-state index contributed by atoms with van der Waals surface area (Å²) in [6.45, 7) is 3.68. The highest BCUT2D eigenvalue weighted by molar-refractivity contribution is 5.96. The molecule has 0 aromatic heterocycles. The van der Waals surface area contributed by atoms with E-state index in [0.29, 0.717) is 11.1 Å². The molecule has 0 amide bonds. The summed E-state index contributed by atoms with van der Waals surface area (Å²) in [7, 11) is 0. The smallest absolute Gasteiger partial charge is 0.343 e. The van der Waals surface area contributed by atoms with Gasteiger partial charge in [0, 0.05) is 5.39 Å². The van der Waals surface area contributed by atoms with Crippen molar-refractivity contribution in [2.75, 3.05) is 0 Å². The summed E-state index contributed by atoms with van der Waals surface area (Å²) in [5, 5.41) is 0.566. The fourth-order valence-electron chi connectivity index (χ4n) is 2.55. The summed E-state index contributed by atoms with van der Waals surface area (Å²) in [6.07, 6.45) is 3.61. The minimum absolute atomic E-state index is 0.128. The number of allylic oxidation sites excluding steroid dienone is 1. The number of hydrogen-bond acceptors (Lipinski definition) is 2. The normalized spacial score (nSPS) is 10.6. The molecule has 0 bridgehead atoms. The molecular formula is C21H16F2O2. The Hall–Kier alpha value is -3.01. The van der Waals surface area contributed by atoms with Crippen molar-refractivity contribution in [2.24, 2.45) is 0 Å². The van der Waals surface area contributed by atoms with Gasteiger partial charge in [-0.25, -0.2) is 13.6 Å². The average molecular weight is 338 g/mol. The molecule has 0 N–H and O–H groups in total. The van der Waals surface area contributed by atoms with Crippen LogP contribution in [0.5, 0.6) is 5.75 Å². The van der Waals surface area contributed by atoms with Crippen LogP contribution in [-0.4, -0.2) is 5.97 Å². The zero-order chi connectivity index (χ0) is 17.8. The molecule has 0 aliphatic heterocycles. The Bertz CT molecular complexity index is 931. The summed E-state index contributed by atoms with van der Waals surface area (Å²) < 4.78 is 32.3. The Morgan fingerprint density at radius 1 is 1.04 bits per heavy atom. The monoisotopic (exact) mass is 338 g/mol. The fraction of sp³-hybridized carbons (Fsp3) is 0.0952. The summed E-state index contributed by atoms with van der Waals surface area (Å²) in [5.74, 6) is -1.96. The highest BCUT2D eigenvalue weighted by Crippen LogP contribution is 2.23. The molecule has 0 radical (unpaired) electrons. The molecule has 0 heterocycles. The third-order valence-electron chi connectivity index (χ3n) is 3.91. The van der Waals surface area contributed by atoms with Crippen molar-refractivity contribution in [1.82, 2.24) is 0 Å². The van der Waals surface area contributed by atoms with E-state index in [-0.39, 0.29) is 10.9 Å². The maximum Gasteiger partial charge on any atom is 0.343 e. The predicted octanol–water partition coefficient (Wildman–Crippen LogP) is 5.46. The third-order valence-corrected chi connectivity index (χ3v) is 3.91. The van der Waals surface area contributed by atoms with E-state index < -0.39 is 17.6 Å². The largest absolute Gasteiger partial charge is 0.423 e. The maximum absolute atomic E-state index is 13.7. The zero-order valence-corrected chi connectivity index (χ0v) is 13.5. The van der Waals surface area contributed by atoms with Gasteiger partial charge in [-0.2, -0.15) is 0 Å². The Labute approximate surface area is 144 Å². The summed E-state index contributed by atoms with van der Waals surface area (Å²) >= 11 is 0. The quantitative estimate of drug-likeness (QED) is 0.351. The second-order valence-corrected chi connectivity index (χ2v) is 5.66. The Morgan fingerprint density at radius 3 is 2.52 bits per heavy atom. The zero-order valence-electron chi connectivity index (χ0n) is 13.5. The van der Waals surface area contributed by atoms with Crippen LogP contribution in [0.1, 0.15) is 22.3 Å². The van der Waals surface area contributed by atoms with Crippen LogP contribution in [0.3, 0.4) is 0 Å². The first kappa shape index (κ1) is 16.8. The van der Waals surface area contributed by atoms with Gasteiger partial charge in [-0.1, -0.05) is 30.3 Å². The molecule has 0 unspecified atom stereocenters. The first-order valence-corrected chi connectivity index (χ1v) is 7.88. The van der Waals surface area contributed by atoms with Crippen LogP contribution < -0.4 is 4.74 Å². The van der Waals surface area contributed by atoms with Gasteiger partial charge >= 0.3 is 5.97 Å². The summed E-state index contributed by atoms with van der Waals surface area (Å²) in [6, 6.07) is 14.0. The lowest BCUT2D eigenvalue weighted by Crippen LogP contribution is -2.08. The third kappa shape index (κ3) is 3.74. The minimum Gasteiger partial charge on any atom is -0.423 e. The van der Waals surface area contributed by atoms with Gasteiger partial charge in [0.25, 0.3) is 0 Å². The van der Waals surface area contributed by atoms with Crippen molar-refractivity contribution in [3.63, 3.8) is 0 Å². The van der Waals surface area contributed by atoms with Crippen molar-refractivity contribution in [2.45, 2.75) is 12.8 Å². The van der Waals surface area contributed by atoms with Crippen LogP contribution in [0.4, 0.5) is 8.78 Å². The molecule has 0 spiro atoms. The van der Waals surface area contributed by atoms with Gasteiger partial charge < -0.3 is 4.74 Å². The fourth-order valence-corrected chi connectivity index (χ4v) is 2.55. The van der Waals surface area contributed by atoms with E-state index in [9.17, 15) is 13.6 Å². The van der Waals surface area contributed by atoms with Gasteiger partial charge in [0.2, 0.25) is 0 Å². The number of ether oxygens (including phenoxy) is 1. The molecule has 0 atom stereocenters. The molecule has 126 valence electrons. The molecule has 0 fully saturated rings. The first-order chi connectivity index (χ1) is 12.1. The van der Waals surface area contributed by atoms with Crippen molar-refractivity contribution in [3.8, 4) is 5.75 Å². The van der Waals surface area contributed by atoms with Crippen molar-refractivity contribution in [1.29, 1.82) is 0 Å². The Morgan fingerprint density at radius 2 is 1.80 bits per heavy atom. The number of carbonyl (C=O) groups is 1. The van der Waals surface area contributed by atoms with Crippen LogP contribution >= 0.6 is 0 Å². The van der Waals surface area contributed by atoms with Crippen molar-refractivity contribution in [3.05, 3.63) is 90.0 Å². The van der Waals surface area contributed by atoms with Gasteiger partial charge in [0.05, 0.1) is 5.56 Å². The molecule has 0 saturated heterocycles. The number of aryl methyl sites for hydroxylation is 1. The molecule has 0 aliphatic rings. The number of halogens is 2. The van der Waals surface area contributed by atoms with E-state index in [1.54, 1.807) is 12.1 Å². The average Bonchev–Trinajstić information content (AvgIpc) is 2.64. The maximum atomic E-state index is 13.7. The molecule has 0 aliphatic carbocycles. The SMILES string of the molecule is C=CCCc1ccc(OC(=O)c2ccc3c(F)c(F)ccc3c2)cc1. The lowest BCUT2D eigenvalue weighted by molar-refractivity contribution is 0.0735. The van der Waals surface area contributed by atoms with E-state index in [1.165, 1.54) is 24.3 Å². The highest BCUT2D eigenvalue weighted by atomic mass is 19.2. The van der Waals surface area contributed by atoms with Crippen molar-refractivity contribution < 1.29 is 18.3 Å². The van der Waals surface area contributed by atoms with Gasteiger partial charge in [0.1, 0.15) is 5.75 Å². The Balaban J connectivity index is 1.78. The van der Waals surface area contributed by atoms with E-state index in [2.05, 4.69) is 6.58 Å². The van der Waals surface area contributed by atoms with Gasteiger partial charge in [-0.3, -0.25) is 0 Å². The topological polar surface area (TPSA) is 26.3 Å². The minimum atomic E-state index is -0.924. The van der Waals surface area contributed by atoms with E-state index in [1.807, 2.05) is 18.2 Å². The van der Waals surface area contributed by atoms with E-state index >= 15 is 0 Å². The standard InChI is InChI=1S/C21H16F2O2/c1-2-3-4-14-5-9-17(10-6-14)25-21(24)16-7-11-18-15(13-16)8-12-19(22)20(18)23/h2,5-13H,1,3-4H2. The molecule has 4 heteroatoms. The second-order valence-electron chi connectivity index (χ2n) is 5.66. The number of fused-ring (bicyclic) bond motifs is 1. The molecule has 3 aromatic carbocycles. The first-order valence-electron chi connectivity index (χ1n) is 7.88. The van der Waals surface area contributed by atoms with Crippen LogP contribution in [0, 0.1) is 11.6 Å². The number of benzene rings is 3. The van der Waals surface area contributed by atoms with Gasteiger partial charge in [0.15, 0.2) is 11.6 Å². The molecule has 2 nitrogen and oxygen atoms in total. The molecular weight excluding hydrogens is 322 g/mol. The van der Waals surface area contributed by atoms with Gasteiger partial charge in [-0.05, 0) is 54.1 Å². The second kappa shape index (κ2) is 7.26. The Kier molecular flexibility index (Phi) is 4.89. The molecule has 0 saturated carbocycles. The highest BCUT2D eigenvalue weighted by Gasteiger charge is 2.12. The lowest BCUT2D eigenvalue weighted by atomic mass is 10.1.